The number of fused-ring (bicyclic) bond motifs is 1. The summed E-state index contributed by atoms with van der Waals surface area (Å²) in [6, 6.07) is 8.78. The van der Waals surface area contributed by atoms with Crippen molar-refractivity contribution < 1.29 is 18.3 Å². The predicted molar refractivity (Wildman–Crippen MR) is 82.0 cm³/mol. The SMILES string of the molecule is Fc1ccc(NC(=S)NCc2ccc3c(c2)OCO3)c(F)c1. The summed E-state index contributed by atoms with van der Waals surface area (Å²) in [5.74, 6) is 0.0510. The molecule has 0 bridgehead atoms. The summed E-state index contributed by atoms with van der Waals surface area (Å²) in [7, 11) is 0. The van der Waals surface area contributed by atoms with Gasteiger partial charge in [0.1, 0.15) is 11.6 Å². The average Bonchev–Trinajstić information content (AvgIpc) is 2.95. The second kappa shape index (κ2) is 6.15. The fraction of sp³-hybridized carbons (Fsp3) is 0.133. The normalized spacial score (nSPS) is 12.1. The smallest absolute Gasteiger partial charge is 0.231 e. The molecular weight excluding hydrogens is 310 g/mol. The molecule has 4 nitrogen and oxygen atoms in total. The molecule has 1 aliphatic rings. The van der Waals surface area contributed by atoms with E-state index in [9.17, 15) is 8.78 Å². The van der Waals surface area contributed by atoms with Crippen molar-refractivity contribution in [3.05, 3.63) is 53.6 Å². The van der Waals surface area contributed by atoms with Gasteiger partial charge in [-0.05, 0) is 42.0 Å². The second-order valence-electron chi connectivity index (χ2n) is 4.62. The lowest BCUT2D eigenvalue weighted by Gasteiger charge is -2.11. The minimum Gasteiger partial charge on any atom is -0.454 e. The maximum absolute atomic E-state index is 13.5. The van der Waals surface area contributed by atoms with Crippen LogP contribution in [0.4, 0.5) is 14.5 Å². The van der Waals surface area contributed by atoms with E-state index in [1.54, 1.807) is 0 Å². The van der Waals surface area contributed by atoms with Gasteiger partial charge in [-0.3, -0.25) is 0 Å². The lowest BCUT2D eigenvalue weighted by Crippen LogP contribution is -2.28. The van der Waals surface area contributed by atoms with Crippen molar-refractivity contribution in [1.29, 1.82) is 0 Å². The fourth-order valence-electron chi connectivity index (χ4n) is 1.99. The first-order valence-corrected chi connectivity index (χ1v) is 6.91. The minimum atomic E-state index is -0.702. The van der Waals surface area contributed by atoms with Crippen LogP contribution in [0.3, 0.4) is 0 Å². The van der Waals surface area contributed by atoms with Crippen LogP contribution >= 0.6 is 12.2 Å². The molecule has 0 amide bonds. The Balaban J connectivity index is 1.58. The van der Waals surface area contributed by atoms with Crippen molar-refractivity contribution in [3.8, 4) is 11.5 Å². The van der Waals surface area contributed by atoms with E-state index >= 15 is 0 Å². The van der Waals surface area contributed by atoms with Crippen molar-refractivity contribution in [1.82, 2.24) is 5.32 Å². The van der Waals surface area contributed by atoms with Gasteiger partial charge in [-0.15, -0.1) is 0 Å². The standard InChI is InChI=1S/C15H12F2N2O2S/c16-10-2-3-12(11(17)6-10)19-15(22)18-7-9-1-4-13-14(5-9)21-8-20-13/h1-6H,7-8H2,(H2,18,19,22). The van der Waals surface area contributed by atoms with Crippen molar-refractivity contribution >= 4 is 23.0 Å². The zero-order chi connectivity index (χ0) is 15.5. The summed E-state index contributed by atoms with van der Waals surface area (Å²) in [4.78, 5) is 0. The third kappa shape index (κ3) is 3.25. The topological polar surface area (TPSA) is 42.5 Å². The molecule has 0 fully saturated rings. The van der Waals surface area contributed by atoms with E-state index in [1.807, 2.05) is 18.2 Å². The highest BCUT2D eigenvalue weighted by Gasteiger charge is 2.13. The van der Waals surface area contributed by atoms with Crippen LogP contribution < -0.4 is 20.1 Å². The van der Waals surface area contributed by atoms with Crippen LogP contribution in [-0.2, 0) is 6.54 Å². The van der Waals surface area contributed by atoms with Gasteiger partial charge in [-0.25, -0.2) is 8.78 Å². The van der Waals surface area contributed by atoms with Gasteiger partial charge in [-0.2, -0.15) is 0 Å². The molecule has 2 aromatic rings. The monoisotopic (exact) mass is 322 g/mol. The number of nitrogens with one attached hydrogen (secondary N) is 2. The van der Waals surface area contributed by atoms with E-state index in [1.165, 1.54) is 6.07 Å². The molecule has 0 aliphatic carbocycles. The summed E-state index contributed by atoms with van der Waals surface area (Å²) in [5.41, 5.74) is 1.05. The molecule has 7 heteroatoms. The van der Waals surface area contributed by atoms with Crippen LogP contribution in [-0.4, -0.2) is 11.9 Å². The van der Waals surface area contributed by atoms with Gasteiger partial charge < -0.3 is 20.1 Å². The predicted octanol–water partition coefficient (Wildman–Crippen LogP) is 3.18. The van der Waals surface area contributed by atoms with E-state index in [4.69, 9.17) is 21.7 Å². The molecule has 0 saturated carbocycles. The number of ether oxygens (including phenoxy) is 2. The van der Waals surface area contributed by atoms with E-state index in [2.05, 4.69) is 10.6 Å². The number of anilines is 1. The molecule has 2 aromatic carbocycles. The molecule has 114 valence electrons. The summed E-state index contributed by atoms with van der Waals surface area (Å²) in [6.07, 6.45) is 0. The Morgan fingerprint density at radius 3 is 2.73 bits per heavy atom. The Hall–Kier alpha value is -2.41. The van der Waals surface area contributed by atoms with Crippen LogP contribution in [0.2, 0.25) is 0 Å². The molecule has 1 heterocycles. The number of hydrogen-bond donors (Lipinski definition) is 2. The Kier molecular flexibility index (Phi) is 4.06. The zero-order valence-corrected chi connectivity index (χ0v) is 12.2. The molecule has 0 spiro atoms. The minimum absolute atomic E-state index is 0.115. The molecule has 0 unspecified atom stereocenters. The molecule has 3 rings (SSSR count). The van der Waals surface area contributed by atoms with Gasteiger partial charge in [0.05, 0.1) is 5.69 Å². The summed E-state index contributed by atoms with van der Waals surface area (Å²) in [6.45, 7) is 0.654. The van der Waals surface area contributed by atoms with Gasteiger partial charge >= 0.3 is 0 Å². The van der Waals surface area contributed by atoms with E-state index < -0.39 is 11.6 Å². The summed E-state index contributed by atoms with van der Waals surface area (Å²) in [5, 5.41) is 5.87. The Labute approximate surface area is 131 Å². The highest BCUT2D eigenvalue weighted by atomic mass is 32.1. The maximum Gasteiger partial charge on any atom is 0.231 e. The van der Waals surface area contributed by atoms with Gasteiger partial charge in [-0.1, -0.05) is 6.07 Å². The van der Waals surface area contributed by atoms with Gasteiger partial charge in [0.2, 0.25) is 6.79 Å². The van der Waals surface area contributed by atoms with Gasteiger partial charge in [0, 0.05) is 12.6 Å². The summed E-state index contributed by atoms with van der Waals surface area (Å²) < 4.78 is 36.8. The highest BCUT2D eigenvalue weighted by Crippen LogP contribution is 2.32. The first-order chi connectivity index (χ1) is 10.6. The Bertz CT molecular complexity index is 725. The Morgan fingerprint density at radius 1 is 1.09 bits per heavy atom. The first-order valence-electron chi connectivity index (χ1n) is 6.50. The van der Waals surface area contributed by atoms with Crippen molar-refractivity contribution in [2.24, 2.45) is 0 Å². The first kappa shape index (κ1) is 14.5. The largest absolute Gasteiger partial charge is 0.454 e. The Morgan fingerprint density at radius 2 is 1.91 bits per heavy atom. The van der Waals surface area contributed by atoms with Crippen LogP contribution in [0.5, 0.6) is 11.5 Å². The number of benzene rings is 2. The summed E-state index contributed by atoms with van der Waals surface area (Å²) >= 11 is 5.09. The highest BCUT2D eigenvalue weighted by molar-refractivity contribution is 7.80. The molecule has 1 aliphatic heterocycles. The second-order valence-corrected chi connectivity index (χ2v) is 5.03. The number of rotatable bonds is 3. The maximum atomic E-state index is 13.5. The van der Waals surface area contributed by atoms with Crippen LogP contribution in [0, 0.1) is 11.6 Å². The van der Waals surface area contributed by atoms with Gasteiger partial charge in [0.25, 0.3) is 0 Å². The molecule has 0 atom stereocenters. The fourth-order valence-corrected chi connectivity index (χ4v) is 2.17. The van der Waals surface area contributed by atoms with Gasteiger partial charge in [0.15, 0.2) is 16.6 Å². The number of hydrogen-bond acceptors (Lipinski definition) is 3. The molecule has 2 N–H and O–H groups in total. The van der Waals surface area contributed by atoms with Crippen LogP contribution in [0.25, 0.3) is 0 Å². The number of halogens is 2. The van der Waals surface area contributed by atoms with Crippen LogP contribution in [0.1, 0.15) is 5.56 Å². The van der Waals surface area contributed by atoms with E-state index in [-0.39, 0.29) is 17.6 Å². The van der Waals surface area contributed by atoms with Crippen molar-refractivity contribution in [3.63, 3.8) is 0 Å². The van der Waals surface area contributed by atoms with E-state index in [0.29, 0.717) is 18.0 Å². The van der Waals surface area contributed by atoms with Crippen molar-refractivity contribution in [2.45, 2.75) is 6.54 Å². The molecule has 0 saturated heterocycles. The lowest BCUT2D eigenvalue weighted by molar-refractivity contribution is 0.174. The average molecular weight is 322 g/mol. The quantitative estimate of drug-likeness (QED) is 0.850. The van der Waals surface area contributed by atoms with Crippen LogP contribution in [0.15, 0.2) is 36.4 Å². The zero-order valence-electron chi connectivity index (χ0n) is 11.4. The molecular formula is C15H12F2N2O2S. The molecule has 0 radical (unpaired) electrons. The third-order valence-electron chi connectivity index (χ3n) is 3.07. The number of thiocarbonyl (C=S) groups is 1. The molecule has 22 heavy (non-hydrogen) atoms. The third-order valence-corrected chi connectivity index (χ3v) is 3.32. The molecule has 0 aromatic heterocycles. The van der Waals surface area contributed by atoms with Crippen molar-refractivity contribution in [2.75, 3.05) is 12.1 Å². The lowest BCUT2D eigenvalue weighted by atomic mass is 10.2. The van der Waals surface area contributed by atoms with E-state index in [0.717, 1.165) is 17.7 Å².